The Morgan fingerprint density at radius 3 is 2.85 bits per heavy atom. The van der Waals surface area contributed by atoms with Gasteiger partial charge >= 0.3 is 6.03 Å². The van der Waals surface area contributed by atoms with Crippen LogP contribution in [0.1, 0.15) is 25.7 Å². The lowest BCUT2D eigenvalue weighted by atomic mass is 9.91. The maximum Gasteiger partial charge on any atom is 0.326 e. The van der Waals surface area contributed by atoms with Crippen molar-refractivity contribution in [2.24, 2.45) is 0 Å². The van der Waals surface area contributed by atoms with E-state index in [0.29, 0.717) is 18.5 Å². The molecule has 134 valence electrons. The second kappa shape index (κ2) is 6.20. The standard InChI is InChI=1S/C19H18F2N4O/c20-19(21)7-3-5-14(8-19)24-12-15(9-22)25(18(24)26)17-11-23-10-13-4-1-2-6-16(13)17/h1-2,4,6,10-11,14-15H,3,5,7-8,12H2. The molecule has 2 amide bonds. The molecule has 2 unspecified atom stereocenters. The largest absolute Gasteiger partial charge is 0.326 e. The molecule has 1 aliphatic carbocycles. The van der Waals surface area contributed by atoms with E-state index in [0.717, 1.165) is 10.8 Å². The number of hydrogen-bond donors (Lipinski definition) is 0. The van der Waals surface area contributed by atoms with Crippen molar-refractivity contribution in [3.8, 4) is 6.07 Å². The summed E-state index contributed by atoms with van der Waals surface area (Å²) in [6, 6.07) is 7.98. The zero-order chi connectivity index (χ0) is 18.3. The molecular formula is C19H18F2N4O. The summed E-state index contributed by atoms with van der Waals surface area (Å²) in [5.74, 6) is -2.75. The van der Waals surface area contributed by atoms with E-state index < -0.39 is 24.0 Å². The molecule has 5 nitrogen and oxygen atoms in total. The molecule has 2 aromatic rings. The fourth-order valence-corrected chi connectivity index (χ4v) is 4.00. The first-order valence-electron chi connectivity index (χ1n) is 8.70. The van der Waals surface area contributed by atoms with Gasteiger partial charge in [-0.3, -0.25) is 9.88 Å². The quantitative estimate of drug-likeness (QED) is 0.819. The fraction of sp³-hybridized carbons (Fsp3) is 0.421. The van der Waals surface area contributed by atoms with Crippen molar-refractivity contribution in [2.45, 2.75) is 43.7 Å². The number of hydrogen-bond acceptors (Lipinski definition) is 3. The first-order valence-corrected chi connectivity index (χ1v) is 8.70. The molecule has 1 saturated carbocycles. The molecule has 2 atom stereocenters. The summed E-state index contributed by atoms with van der Waals surface area (Å²) in [6.45, 7) is 0.138. The van der Waals surface area contributed by atoms with Gasteiger partial charge in [-0.25, -0.2) is 13.6 Å². The highest BCUT2D eigenvalue weighted by Gasteiger charge is 2.46. The van der Waals surface area contributed by atoms with Crippen molar-refractivity contribution in [3.63, 3.8) is 0 Å². The number of benzene rings is 1. The molecule has 1 aromatic heterocycles. The Hall–Kier alpha value is -2.75. The van der Waals surface area contributed by atoms with Crippen LogP contribution in [0.15, 0.2) is 36.7 Å². The minimum atomic E-state index is -2.75. The van der Waals surface area contributed by atoms with Gasteiger partial charge in [0.2, 0.25) is 5.92 Å². The number of nitrogens with zero attached hydrogens (tertiary/aromatic N) is 4. The predicted molar refractivity (Wildman–Crippen MR) is 92.9 cm³/mol. The Morgan fingerprint density at radius 2 is 2.08 bits per heavy atom. The van der Waals surface area contributed by atoms with E-state index in [2.05, 4.69) is 11.1 Å². The summed E-state index contributed by atoms with van der Waals surface area (Å²) in [5.41, 5.74) is 0.546. The summed E-state index contributed by atoms with van der Waals surface area (Å²) in [6.07, 6.45) is 3.71. The minimum Gasteiger partial charge on any atom is -0.318 e. The third kappa shape index (κ3) is 2.75. The smallest absolute Gasteiger partial charge is 0.318 e. The van der Waals surface area contributed by atoms with Gasteiger partial charge in [-0.05, 0) is 12.8 Å². The van der Waals surface area contributed by atoms with Crippen LogP contribution in [0.5, 0.6) is 0 Å². The summed E-state index contributed by atoms with van der Waals surface area (Å²) >= 11 is 0. The summed E-state index contributed by atoms with van der Waals surface area (Å²) < 4.78 is 27.6. The summed E-state index contributed by atoms with van der Waals surface area (Å²) in [5, 5.41) is 11.2. The number of pyridine rings is 1. The number of alkyl halides is 2. The number of rotatable bonds is 2. The minimum absolute atomic E-state index is 0.135. The van der Waals surface area contributed by atoms with E-state index in [4.69, 9.17) is 0 Å². The zero-order valence-corrected chi connectivity index (χ0v) is 14.1. The van der Waals surface area contributed by atoms with Crippen molar-refractivity contribution in [2.75, 3.05) is 11.4 Å². The van der Waals surface area contributed by atoms with Gasteiger partial charge in [0.05, 0.1) is 24.5 Å². The SMILES string of the molecule is N#CC1CN(C2CCCC(F)(F)C2)C(=O)N1c1cncc2ccccc12. The number of amides is 2. The van der Waals surface area contributed by atoms with Crippen LogP contribution in [-0.2, 0) is 0 Å². The highest BCUT2D eigenvalue weighted by atomic mass is 19.3. The molecular weight excluding hydrogens is 338 g/mol. The van der Waals surface area contributed by atoms with Crippen molar-refractivity contribution >= 4 is 22.5 Å². The molecule has 2 heterocycles. The molecule has 0 radical (unpaired) electrons. The average Bonchev–Trinajstić information content (AvgIpc) is 2.97. The zero-order valence-electron chi connectivity index (χ0n) is 14.1. The molecule has 0 bridgehead atoms. The predicted octanol–water partition coefficient (Wildman–Crippen LogP) is 3.95. The molecule has 1 aromatic carbocycles. The fourth-order valence-electron chi connectivity index (χ4n) is 4.00. The summed E-state index contributed by atoms with van der Waals surface area (Å²) in [7, 11) is 0. The van der Waals surface area contributed by atoms with Crippen LogP contribution >= 0.6 is 0 Å². The average molecular weight is 356 g/mol. The van der Waals surface area contributed by atoms with Gasteiger partial charge in [0, 0.05) is 35.9 Å². The number of carbonyl (C=O) groups is 1. The van der Waals surface area contributed by atoms with Gasteiger partial charge in [0.25, 0.3) is 0 Å². The van der Waals surface area contributed by atoms with Gasteiger partial charge in [-0.2, -0.15) is 5.26 Å². The first kappa shape index (κ1) is 16.7. The Morgan fingerprint density at radius 1 is 1.27 bits per heavy atom. The Balaban J connectivity index is 1.70. The second-order valence-electron chi connectivity index (χ2n) is 6.94. The molecule has 0 spiro atoms. The van der Waals surface area contributed by atoms with E-state index in [1.54, 1.807) is 12.4 Å². The number of carbonyl (C=O) groups excluding carboxylic acids is 1. The van der Waals surface area contributed by atoms with Gasteiger partial charge < -0.3 is 4.90 Å². The molecule has 4 rings (SSSR count). The lowest BCUT2D eigenvalue weighted by Gasteiger charge is -2.34. The maximum absolute atomic E-state index is 13.8. The Labute approximate surface area is 149 Å². The van der Waals surface area contributed by atoms with Gasteiger partial charge in [-0.1, -0.05) is 24.3 Å². The van der Waals surface area contributed by atoms with E-state index in [-0.39, 0.29) is 19.4 Å². The lowest BCUT2D eigenvalue weighted by molar-refractivity contribution is -0.0556. The topological polar surface area (TPSA) is 60.2 Å². The van der Waals surface area contributed by atoms with E-state index in [9.17, 15) is 18.8 Å². The van der Waals surface area contributed by atoms with E-state index in [1.165, 1.54) is 9.80 Å². The number of aromatic nitrogens is 1. The number of halogens is 2. The number of anilines is 1. The van der Waals surface area contributed by atoms with Crippen LogP contribution in [0.4, 0.5) is 19.3 Å². The number of nitriles is 1. The van der Waals surface area contributed by atoms with E-state index in [1.807, 2.05) is 24.3 Å². The number of fused-ring (bicyclic) bond motifs is 1. The van der Waals surface area contributed by atoms with Crippen molar-refractivity contribution in [1.29, 1.82) is 5.26 Å². The van der Waals surface area contributed by atoms with Gasteiger partial charge in [0.1, 0.15) is 6.04 Å². The monoisotopic (exact) mass is 356 g/mol. The molecule has 2 fully saturated rings. The van der Waals surface area contributed by atoms with Gasteiger partial charge in [0.15, 0.2) is 0 Å². The Kier molecular flexibility index (Phi) is 3.98. The Bertz CT molecular complexity index is 889. The van der Waals surface area contributed by atoms with Crippen LogP contribution < -0.4 is 4.90 Å². The van der Waals surface area contributed by atoms with Crippen LogP contribution in [0, 0.1) is 11.3 Å². The van der Waals surface area contributed by atoms with Crippen LogP contribution in [0.2, 0.25) is 0 Å². The normalized spacial score (nSPS) is 25.5. The van der Waals surface area contributed by atoms with Crippen molar-refractivity contribution in [3.05, 3.63) is 36.7 Å². The molecule has 26 heavy (non-hydrogen) atoms. The van der Waals surface area contributed by atoms with Crippen molar-refractivity contribution in [1.82, 2.24) is 9.88 Å². The van der Waals surface area contributed by atoms with E-state index >= 15 is 0 Å². The molecule has 1 aliphatic heterocycles. The highest BCUT2D eigenvalue weighted by molar-refractivity contribution is 6.04. The first-order chi connectivity index (χ1) is 12.5. The van der Waals surface area contributed by atoms with Crippen LogP contribution in [-0.4, -0.2) is 40.5 Å². The van der Waals surface area contributed by atoms with Crippen molar-refractivity contribution < 1.29 is 13.6 Å². The third-order valence-corrected chi connectivity index (χ3v) is 5.24. The molecule has 1 saturated heterocycles. The molecule has 2 aliphatic rings. The van der Waals surface area contributed by atoms with Crippen LogP contribution in [0.3, 0.4) is 0 Å². The third-order valence-electron chi connectivity index (χ3n) is 5.24. The number of urea groups is 1. The molecule has 7 heteroatoms. The molecule has 0 N–H and O–H groups in total. The van der Waals surface area contributed by atoms with Crippen LogP contribution in [0.25, 0.3) is 10.8 Å². The highest BCUT2D eigenvalue weighted by Crippen LogP contribution is 2.38. The summed E-state index contributed by atoms with van der Waals surface area (Å²) in [4.78, 5) is 20.1. The lowest BCUT2D eigenvalue weighted by Crippen LogP contribution is -2.44. The second-order valence-corrected chi connectivity index (χ2v) is 6.94. The van der Waals surface area contributed by atoms with Gasteiger partial charge in [-0.15, -0.1) is 0 Å². The maximum atomic E-state index is 13.8.